The molecule has 57 heavy (non-hydrogen) atoms. The van der Waals surface area contributed by atoms with Gasteiger partial charge >= 0.3 is 5.97 Å². The Morgan fingerprint density at radius 1 is 0.737 bits per heavy atom. The van der Waals surface area contributed by atoms with E-state index >= 15 is 0 Å². The summed E-state index contributed by atoms with van der Waals surface area (Å²) in [6, 6.07) is 0.0929. The van der Waals surface area contributed by atoms with E-state index in [-0.39, 0.29) is 25.2 Å². The summed E-state index contributed by atoms with van der Waals surface area (Å²) >= 11 is 0. The summed E-state index contributed by atoms with van der Waals surface area (Å²) in [6.07, 6.45) is 5.05. The van der Waals surface area contributed by atoms with Crippen molar-refractivity contribution < 1.29 is 38.7 Å². The van der Waals surface area contributed by atoms with Crippen LogP contribution in [0, 0.1) is 17.8 Å². The van der Waals surface area contributed by atoms with Gasteiger partial charge in [0.25, 0.3) is 0 Å². The normalized spacial score (nSPS) is 15.6. The van der Waals surface area contributed by atoms with E-state index in [4.69, 9.17) is 11.5 Å². The molecule has 6 amide bonds. The number of aliphatic carboxylic acids is 1. The molecular weight excluding hydrogens is 736 g/mol. The third-order valence-corrected chi connectivity index (χ3v) is 10.0. The minimum Gasteiger partial charge on any atom is -0.481 e. The number of H-pyrrole nitrogens is 2. The molecule has 0 bridgehead atoms. The monoisotopic (exact) mass is 794 g/mol. The topological polar surface area (TPSA) is 296 Å². The summed E-state index contributed by atoms with van der Waals surface area (Å²) in [5.74, 6) is -7.03. The average molecular weight is 795 g/mol. The zero-order valence-electron chi connectivity index (χ0n) is 33.4. The first-order valence-corrected chi connectivity index (χ1v) is 19.3. The van der Waals surface area contributed by atoms with Crippen LogP contribution < -0.4 is 38.1 Å². The smallest absolute Gasteiger partial charge is 0.305 e. The summed E-state index contributed by atoms with van der Waals surface area (Å²) in [5, 5.41) is 23.6. The minimum absolute atomic E-state index is 0.0915. The van der Waals surface area contributed by atoms with Crippen molar-refractivity contribution in [3.8, 4) is 0 Å². The van der Waals surface area contributed by atoms with E-state index in [2.05, 4.69) is 41.5 Å². The SMILES string of the molecule is CCC(C)[C@H](NC(=O)[C@H](CC(=O)O)NC(=O)[C@H](CC(C)C)NC(=O)[C@@H](N)Cc1cnc[nH]1)C(=O)N[C@H](C(=O)N[C@@H](Cc1c[nH]c2ccccc12)C(N)=O)C(C)CC. The molecule has 8 atom stereocenters. The number of primary amides is 1. The van der Waals surface area contributed by atoms with Gasteiger partial charge in [0, 0.05) is 41.8 Å². The molecule has 18 heteroatoms. The van der Waals surface area contributed by atoms with Crippen LogP contribution in [0.15, 0.2) is 43.0 Å². The molecular formula is C39H58N10O8. The van der Waals surface area contributed by atoms with Crippen LogP contribution in [0.2, 0.25) is 0 Å². The van der Waals surface area contributed by atoms with Crippen molar-refractivity contribution in [3.05, 3.63) is 54.2 Å². The number of fused-ring (bicyclic) bond motifs is 1. The maximum absolute atomic E-state index is 14.0. The number of rotatable bonds is 23. The second kappa shape index (κ2) is 21.5. The molecule has 2 aromatic heterocycles. The van der Waals surface area contributed by atoms with Crippen molar-refractivity contribution in [3.63, 3.8) is 0 Å². The Bertz CT molecular complexity index is 1840. The maximum Gasteiger partial charge on any atom is 0.305 e. The highest BCUT2D eigenvalue weighted by atomic mass is 16.4. The van der Waals surface area contributed by atoms with Crippen LogP contribution in [0.25, 0.3) is 10.9 Å². The van der Waals surface area contributed by atoms with Crippen molar-refractivity contribution >= 4 is 52.3 Å². The van der Waals surface area contributed by atoms with Crippen LogP contribution in [0.3, 0.4) is 0 Å². The molecule has 0 saturated heterocycles. The molecule has 12 N–H and O–H groups in total. The lowest BCUT2D eigenvalue weighted by atomic mass is 9.94. The fourth-order valence-corrected chi connectivity index (χ4v) is 6.27. The van der Waals surface area contributed by atoms with Gasteiger partial charge in [0.05, 0.1) is 18.8 Å². The lowest BCUT2D eigenvalue weighted by molar-refractivity contribution is -0.142. The fraction of sp³-hybridized carbons (Fsp3) is 0.538. The molecule has 0 saturated carbocycles. The second-order valence-electron chi connectivity index (χ2n) is 15.0. The van der Waals surface area contributed by atoms with E-state index in [0.717, 1.165) is 16.5 Å². The number of carboxylic acids is 1. The van der Waals surface area contributed by atoms with Crippen molar-refractivity contribution in [2.24, 2.45) is 29.2 Å². The Morgan fingerprint density at radius 2 is 1.30 bits per heavy atom. The number of carbonyl (C=O) groups excluding carboxylic acids is 6. The maximum atomic E-state index is 14.0. The summed E-state index contributed by atoms with van der Waals surface area (Å²) < 4.78 is 0. The molecule has 312 valence electrons. The highest BCUT2D eigenvalue weighted by Crippen LogP contribution is 2.20. The minimum atomic E-state index is -1.64. The van der Waals surface area contributed by atoms with Crippen LogP contribution in [-0.4, -0.2) is 97.7 Å². The van der Waals surface area contributed by atoms with E-state index in [1.54, 1.807) is 27.0 Å². The number of aromatic nitrogens is 3. The van der Waals surface area contributed by atoms with E-state index in [1.165, 1.54) is 12.5 Å². The Kier molecular flexibility index (Phi) is 17.2. The zero-order valence-corrected chi connectivity index (χ0v) is 33.4. The van der Waals surface area contributed by atoms with Gasteiger partial charge in [-0.1, -0.05) is 72.6 Å². The lowest BCUT2D eigenvalue weighted by Crippen LogP contribution is -2.61. The number of carbonyl (C=O) groups is 7. The van der Waals surface area contributed by atoms with E-state index in [9.17, 15) is 38.7 Å². The van der Waals surface area contributed by atoms with Gasteiger partial charge in [0.1, 0.15) is 30.2 Å². The second-order valence-corrected chi connectivity index (χ2v) is 15.0. The van der Waals surface area contributed by atoms with Crippen LogP contribution in [-0.2, 0) is 46.4 Å². The molecule has 0 fully saturated rings. The molecule has 3 aromatic rings. The predicted molar refractivity (Wildman–Crippen MR) is 212 cm³/mol. The highest BCUT2D eigenvalue weighted by Gasteiger charge is 2.36. The first-order valence-electron chi connectivity index (χ1n) is 19.3. The summed E-state index contributed by atoms with van der Waals surface area (Å²) in [6.45, 7) is 10.7. The number of nitrogens with zero attached hydrogens (tertiary/aromatic N) is 1. The number of hydrogen-bond donors (Lipinski definition) is 10. The Labute approximate surface area is 331 Å². The molecule has 1 aromatic carbocycles. The van der Waals surface area contributed by atoms with Gasteiger partial charge in [-0.3, -0.25) is 33.6 Å². The zero-order chi connectivity index (χ0) is 42.4. The van der Waals surface area contributed by atoms with Gasteiger partial charge in [-0.15, -0.1) is 0 Å². The molecule has 18 nitrogen and oxygen atoms in total. The van der Waals surface area contributed by atoms with Crippen LogP contribution in [0.4, 0.5) is 0 Å². The van der Waals surface area contributed by atoms with E-state index in [1.807, 2.05) is 45.0 Å². The van der Waals surface area contributed by atoms with Gasteiger partial charge in [0.2, 0.25) is 35.4 Å². The molecule has 3 rings (SSSR count). The molecule has 2 unspecified atom stereocenters. The quantitative estimate of drug-likeness (QED) is 0.0635. The highest BCUT2D eigenvalue weighted by molar-refractivity contribution is 5.98. The van der Waals surface area contributed by atoms with Gasteiger partial charge < -0.3 is 53.1 Å². The summed E-state index contributed by atoms with van der Waals surface area (Å²) in [4.78, 5) is 102. The first kappa shape index (κ1) is 45.6. The predicted octanol–water partition coefficient (Wildman–Crippen LogP) is 0.526. The van der Waals surface area contributed by atoms with Crippen molar-refractivity contribution in [1.82, 2.24) is 41.5 Å². The number of carboxylic acid groups (broad SMARTS) is 1. The number of nitrogens with two attached hydrogens (primary N) is 2. The molecule has 0 aliphatic heterocycles. The molecule has 0 aliphatic carbocycles. The fourth-order valence-electron chi connectivity index (χ4n) is 6.27. The van der Waals surface area contributed by atoms with Crippen LogP contribution in [0.1, 0.15) is 78.5 Å². The number of hydrogen-bond acceptors (Lipinski definition) is 9. The van der Waals surface area contributed by atoms with E-state index in [0.29, 0.717) is 18.5 Å². The number of para-hydroxylation sites is 1. The average Bonchev–Trinajstić information content (AvgIpc) is 3.83. The number of aromatic amines is 2. The van der Waals surface area contributed by atoms with Crippen molar-refractivity contribution in [2.45, 2.75) is 116 Å². The molecule has 0 aliphatic rings. The van der Waals surface area contributed by atoms with Gasteiger partial charge in [-0.05, 0) is 35.8 Å². The standard InChI is InChI=1S/C39H58N10O8/c1-7-21(5)32(38(56)45-28(34(41)52)14-23-17-43-27-12-10-9-11-25(23)27)49-39(57)33(22(6)8-2)48-37(55)30(16-31(50)51)47-36(54)29(13-20(3)4)46-35(53)26(40)15-24-18-42-19-44-24/h9-12,17-22,26,28-30,32-33,43H,7-8,13-16,40H2,1-6H3,(H2,41,52)(H,42,44)(H,45,56)(H,46,53)(H,47,54)(H,48,55)(H,49,57)(H,50,51)/t21?,22?,26-,28-,29-,30-,32-,33-/m0/s1. The Balaban J connectivity index is 1.78. The van der Waals surface area contributed by atoms with Gasteiger partial charge in [-0.25, -0.2) is 4.98 Å². The molecule has 0 radical (unpaired) electrons. The number of imidazole rings is 1. The first-order chi connectivity index (χ1) is 26.9. The van der Waals surface area contributed by atoms with Crippen molar-refractivity contribution in [2.75, 3.05) is 0 Å². The summed E-state index contributed by atoms with van der Waals surface area (Å²) in [5.41, 5.74) is 14.0. The van der Waals surface area contributed by atoms with Crippen LogP contribution in [0.5, 0.6) is 0 Å². The van der Waals surface area contributed by atoms with Crippen molar-refractivity contribution in [1.29, 1.82) is 0 Å². The Morgan fingerprint density at radius 3 is 1.86 bits per heavy atom. The van der Waals surface area contributed by atoms with Gasteiger partial charge in [-0.2, -0.15) is 0 Å². The van der Waals surface area contributed by atoms with Crippen LogP contribution >= 0.6 is 0 Å². The summed E-state index contributed by atoms with van der Waals surface area (Å²) in [7, 11) is 0. The number of amides is 6. The largest absolute Gasteiger partial charge is 0.481 e. The third kappa shape index (κ3) is 13.4. The lowest BCUT2D eigenvalue weighted by Gasteiger charge is -2.31. The Hall–Kier alpha value is -5.78. The number of benzene rings is 1. The third-order valence-electron chi connectivity index (χ3n) is 10.0. The molecule has 2 heterocycles. The van der Waals surface area contributed by atoms with E-state index < -0.39 is 95.9 Å². The number of nitrogens with one attached hydrogen (secondary N) is 7. The van der Waals surface area contributed by atoms with Gasteiger partial charge in [0.15, 0.2) is 0 Å². The molecule has 0 spiro atoms.